The molecule has 3 rings (SSSR count). The normalized spacial score (nSPS) is 10.4. The monoisotopic (exact) mass is 471 g/mol. The molecular formula is C22H21N3O7S. The number of rotatable bonds is 8. The molecule has 0 saturated carbocycles. The molecule has 0 aliphatic rings. The van der Waals surface area contributed by atoms with Crippen LogP contribution in [0, 0.1) is 13.8 Å². The molecule has 0 atom stereocenters. The Morgan fingerprint density at radius 1 is 1.03 bits per heavy atom. The second-order valence-electron chi connectivity index (χ2n) is 6.76. The van der Waals surface area contributed by atoms with Crippen molar-refractivity contribution >= 4 is 45.8 Å². The van der Waals surface area contributed by atoms with Gasteiger partial charge in [-0.25, -0.2) is 9.59 Å². The van der Waals surface area contributed by atoms with Gasteiger partial charge in [-0.05, 0) is 38.5 Å². The molecule has 2 N–H and O–H groups in total. The number of aromatic nitrogens is 1. The van der Waals surface area contributed by atoms with Crippen LogP contribution in [0.2, 0.25) is 0 Å². The number of carbonyl (C=O) groups is 4. The highest BCUT2D eigenvalue weighted by molar-refractivity contribution is 7.19. The molecule has 10 nitrogen and oxygen atoms in total. The largest absolute Gasteiger partial charge is 0.462 e. The first-order valence-electron chi connectivity index (χ1n) is 9.87. The summed E-state index contributed by atoms with van der Waals surface area (Å²) in [6, 6.07) is 10.2. The van der Waals surface area contributed by atoms with Crippen LogP contribution < -0.4 is 10.6 Å². The lowest BCUT2D eigenvalue weighted by Crippen LogP contribution is -2.21. The lowest BCUT2D eigenvalue weighted by Gasteiger charge is -2.07. The van der Waals surface area contributed by atoms with Crippen LogP contribution in [-0.2, 0) is 14.3 Å². The summed E-state index contributed by atoms with van der Waals surface area (Å²) in [6.07, 6.45) is 0. The molecule has 1 aromatic carbocycles. The van der Waals surface area contributed by atoms with Gasteiger partial charge in [-0.1, -0.05) is 23.4 Å². The fourth-order valence-corrected chi connectivity index (χ4v) is 3.91. The Morgan fingerprint density at radius 2 is 1.76 bits per heavy atom. The van der Waals surface area contributed by atoms with Crippen LogP contribution >= 0.6 is 11.3 Å². The SMILES string of the molecule is CCOC(=O)c1c(NC(=O)COC(=O)c2cc(C)no2)sc(C(=O)Nc2ccccc2)c1C. The molecule has 0 bridgehead atoms. The number of anilines is 2. The molecule has 0 aliphatic carbocycles. The summed E-state index contributed by atoms with van der Waals surface area (Å²) >= 11 is 0.916. The number of aryl methyl sites for hydroxylation is 1. The number of thiophene rings is 1. The van der Waals surface area contributed by atoms with E-state index in [9.17, 15) is 19.2 Å². The van der Waals surface area contributed by atoms with Crippen molar-refractivity contribution in [2.45, 2.75) is 20.8 Å². The summed E-state index contributed by atoms with van der Waals surface area (Å²) in [4.78, 5) is 49.9. The van der Waals surface area contributed by atoms with Gasteiger partial charge in [0.25, 0.3) is 11.8 Å². The zero-order valence-electron chi connectivity index (χ0n) is 18.1. The third kappa shape index (κ3) is 5.83. The van der Waals surface area contributed by atoms with Crippen molar-refractivity contribution in [3.8, 4) is 0 Å². The van der Waals surface area contributed by atoms with Crippen molar-refractivity contribution in [3.63, 3.8) is 0 Å². The third-order valence-electron chi connectivity index (χ3n) is 4.28. The first-order chi connectivity index (χ1) is 15.8. The molecule has 3 aromatic rings. The molecular weight excluding hydrogens is 450 g/mol. The molecule has 2 aromatic heterocycles. The van der Waals surface area contributed by atoms with Crippen molar-refractivity contribution < 1.29 is 33.2 Å². The first kappa shape index (κ1) is 23.7. The number of hydrogen-bond donors (Lipinski definition) is 2. The van der Waals surface area contributed by atoms with Crippen LogP contribution in [0.25, 0.3) is 0 Å². The van der Waals surface area contributed by atoms with Crippen molar-refractivity contribution in [3.05, 3.63) is 63.9 Å². The quantitative estimate of drug-likeness (QED) is 0.476. The van der Waals surface area contributed by atoms with Crippen LogP contribution in [0.1, 0.15) is 48.8 Å². The second kappa shape index (κ2) is 10.6. The predicted octanol–water partition coefficient (Wildman–Crippen LogP) is 3.58. The van der Waals surface area contributed by atoms with Crippen LogP contribution in [-0.4, -0.2) is 42.1 Å². The van der Waals surface area contributed by atoms with Gasteiger partial charge in [0.1, 0.15) is 5.00 Å². The molecule has 0 aliphatic heterocycles. The van der Waals surface area contributed by atoms with Gasteiger partial charge in [0.15, 0.2) is 6.61 Å². The van der Waals surface area contributed by atoms with E-state index in [-0.39, 0.29) is 27.8 Å². The number of para-hydroxylation sites is 1. The Balaban J connectivity index is 1.77. The molecule has 2 amide bonds. The number of hydrogen-bond acceptors (Lipinski definition) is 9. The summed E-state index contributed by atoms with van der Waals surface area (Å²) in [5, 5.41) is 8.95. The molecule has 11 heteroatoms. The average Bonchev–Trinajstić information content (AvgIpc) is 3.36. The van der Waals surface area contributed by atoms with Crippen LogP contribution in [0.5, 0.6) is 0 Å². The van der Waals surface area contributed by atoms with Gasteiger partial charge in [-0.2, -0.15) is 0 Å². The lowest BCUT2D eigenvalue weighted by atomic mass is 10.1. The predicted molar refractivity (Wildman–Crippen MR) is 120 cm³/mol. The van der Waals surface area contributed by atoms with E-state index in [1.165, 1.54) is 6.07 Å². The highest BCUT2D eigenvalue weighted by Gasteiger charge is 2.27. The molecule has 33 heavy (non-hydrogen) atoms. The molecule has 0 saturated heterocycles. The fourth-order valence-electron chi connectivity index (χ4n) is 2.80. The number of esters is 2. The molecule has 0 fully saturated rings. The number of ether oxygens (including phenoxy) is 2. The van der Waals surface area contributed by atoms with Crippen molar-refractivity contribution in [2.24, 2.45) is 0 Å². The Kier molecular flexibility index (Phi) is 7.57. The molecule has 0 spiro atoms. The number of amides is 2. The van der Waals surface area contributed by atoms with Crippen LogP contribution in [0.3, 0.4) is 0 Å². The summed E-state index contributed by atoms with van der Waals surface area (Å²) < 4.78 is 14.8. The Labute approximate surface area is 192 Å². The standard InChI is InChI=1S/C22H21N3O7S/c1-4-30-22(29)17-13(3)18(19(27)23-14-8-6-5-7-9-14)33-20(17)24-16(26)11-31-21(28)15-10-12(2)25-32-15/h5-10H,4,11H2,1-3H3,(H,23,27)(H,24,26). The van der Waals surface area contributed by atoms with Gasteiger partial charge in [0.05, 0.1) is 22.7 Å². The van der Waals surface area contributed by atoms with Crippen molar-refractivity contribution in [1.29, 1.82) is 0 Å². The average molecular weight is 471 g/mol. The van der Waals surface area contributed by atoms with E-state index < -0.39 is 30.4 Å². The zero-order valence-corrected chi connectivity index (χ0v) is 18.9. The van der Waals surface area contributed by atoms with E-state index in [0.717, 1.165) is 11.3 Å². The minimum atomic E-state index is -0.860. The van der Waals surface area contributed by atoms with Crippen LogP contribution in [0.4, 0.5) is 10.7 Å². The van der Waals surface area contributed by atoms with Crippen LogP contribution in [0.15, 0.2) is 40.9 Å². The van der Waals surface area contributed by atoms with Gasteiger partial charge in [-0.15, -0.1) is 11.3 Å². The minimum Gasteiger partial charge on any atom is -0.462 e. The van der Waals surface area contributed by atoms with Gasteiger partial charge in [0.2, 0.25) is 5.76 Å². The van der Waals surface area contributed by atoms with Crippen molar-refractivity contribution in [2.75, 3.05) is 23.8 Å². The van der Waals surface area contributed by atoms with E-state index in [4.69, 9.17) is 14.0 Å². The van der Waals surface area contributed by atoms with Gasteiger partial charge in [-0.3, -0.25) is 9.59 Å². The number of nitrogens with one attached hydrogen (secondary N) is 2. The highest BCUT2D eigenvalue weighted by Crippen LogP contribution is 2.34. The van der Waals surface area contributed by atoms with E-state index >= 15 is 0 Å². The number of carbonyl (C=O) groups excluding carboxylic acids is 4. The fraction of sp³-hybridized carbons (Fsp3) is 0.227. The number of benzene rings is 1. The molecule has 0 radical (unpaired) electrons. The maximum absolute atomic E-state index is 12.8. The van der Waals surface area contributed by atoms with E-state index in [2.05, 4.69) is 15.8 Å². The second-order valence-corrected chi connectivity index (χ2v) is 7.78. The minimum absolute atomic E-state index is 0.0607. The van der Waals surface area contributed by atoms with Gasteiger partial charge in [0, 0.05) is 11.8 Å². The van der Waals surface area contributed by atoms with Gasteiger partial charge < -0.3 is 24.6 Å². The molecule has 172 valence electrons. The summed E-state index contributed by atoms with van der Waals surface area (Å²) in [6.45, 7) is 4.34. The number of nitrogens with zero attached hydrogens (tertiary/aromatic N) is 1. The lowest BCUT2D eigenvalue weighted by molar-refractivity contribution is -0.119. The highest BCUT2D eigenvalue weighted by atomic mass is 32.1. The van der Waals surface area contributed by atoms with E-state index in [1.54, 1.807) is 45.0 Å². The van der Waals surface area contributed by atoms with E-state index in [1.807, 2.05) is 6.07 Å². The topological polar surface area (TPSA) is 137 Å². The van der Waals surface area contributed by atoms with E-state index in [0.29, 0.717) is 16.9 Å². The summed E-state index contributed by atoms with van der Waals surface area (Å²) in [5.41, 5.74) is 1.48. The summed E-state index contributed by atoms with van der Waals surface area (Å²) in [7, 11) is 0. The molecule has 0 unspecified atom stereocenters. The van der Waals surface area contributed by atoms with Gasteiger partial charge >= 0.3 is 11.9 Å². The Morgan fingerprint density at radius 3 is 2.39 bits per heavy atom. The smallest absolute Gasteiger partial charge is 0.377 e. The maximum atomic E-state index is 12.8. The Bertz CT molecular complexity index is 1180. The zero-order chi connectivity index (χ0) is 24.0. The summed E-state index contributed by atoms with van der Waals surface area (Å²) in [5.74, 6) is -2.83. The third-order valence-corrected chi connectivity index (χ3v) is 5.49. The maximum Gasteiger partial charge on any atom is 0.377 e. The Hall–Kier alpha value is -3.99. The first-order valence-corrected chi connectivity index (χ1v) is 10.7. The molecule has 2 heterocycles. The van der Waals surface area contributed by atoms with Crippen molar-refractivity contribution in [1.82, 2.24) is 5.16 Å².